The topological polar surface area (TPSA) is 49.7 Å². The first-order valence-electron chi connectivity index (χ1n) is 7.83. The summed E-state index contributed by atoms with van der Waals surface area (Å²) in [5, 5.41) is 0. The van der Waals surface area contributed by atoms with Crippen LogP contribution in [0.4, 0.5) is 0 Å². The lowest BCUT2D eigenvalue weighted by Crippen LogP contribution is -2.27. The lowest BCUT2D eigenvalue weighted by molar-refractivity contribution is 0.344. The van der Waals surface area contributed by atoms with Gasteiger partial charge in [0.15, 0.2) is 9.84 Å². The van der Waals surface area contributed by atoms with Crippen LogP contribution in [-0.4, -0.2) is 50.2 Å². The van der Waals surface area contributed by atoms with Crippen LogP contribution in [0.3, 0.4) is 0 Å². The molecule has 0 spiro atoms. The van der Waals surface area contributed by atoms with Gasteiger partial charge in [-0.2, -0.15) is 0 Å². The second kappa shape index (κ2) is 5.37. The molecule has 120 valence electrons. The fraction of sp³-hybridized carbons (Fsp3) is 0.588. The molecule has 3 atom stereocenters. The molecular weight excluding hydrogens is 296 g/mol. The summed E-state index contributed by atoms with van der Waals surface area (Å²) in [5.74, 6) is 0.938. The van der Waals surface area contributed by atoms with Gasteiger partial charge in [-0.1, -0.05) is 38.2 Å². The number of hydrogen-bond acceptors (Lipinski definition) is 4. The number of fused-ring (bicyclic) bond motifs is 1. The van der Waals surface area contributed by atoms with Crippen LogP contribution >= 0.6 is 0 Å². The SMILES string of the molecule is CN1/C(=C/C=N[C@@H]2CCS(=O)(=O)C2)C(C)(C)[C@@H]2C=CC=C[C@H]21. The van der Waals surface area contributed by atoms with Crippen molar-refractivity contribution < 1.29 is 8.42 Å². The summed E-state index contributed by atoms with van der Waals surface area (Å²) < 4.78 is 22.9. The van der Waals surface area contributed by atoms with Gasteiger partial charge in [-0.3, -0.25) is 4.99 Å². The van der Waals surface area contributed by atoms with Gasteiger partial charge in [0, 0.05) is 30.3 Å². The molecule has 1 aliphatic carbocycles. The number of rotatable bonds is 2. The molecule has 3 aliphatic rings. The molecule has 0 unspecified atom stereocenters. The fourth-order valence-electron chi connectivity index (χ4n) is 3.88. The largest absolute Gasteiger partial charge is 0.370 e. The Bertz CT molecular complexity index is 671. The zero-order chi connectivity index (χ0) is 16.0. The maximum Gasteiger partial charge on any atom is 0.152 e. The molecule has 2 heterocycles. The molecular formula is C17H24N2O2S. The summed E-state index contributed by atoms with van der Waals surface area (Å²) in [6.45, 7) is 4.52. The van der Waals surface area contributed by atoms with Gasteiger partial charge in [0.25, 0.3) is 0 Å². The summed E-state index contributed by atoms with van der Waals surface area (Å²) >= 11 is 0. The minimum absolute atomic E-state index is 0.0500. The average Bonchev–Trinajstić information content (AvgIpc) is 2.90. The molecule has 0 aromatic heterocycles. The van der Waals surface area contributed by atoms with Crippen LogP contribution in [0, 0.1) is 11.3 Å². The van der Waals surface area contributed by atoms with Gasteiger partial charge in [0.1, 0.15) is 0 Å². The Labute approximate surface area is 133 Å². The number of nitrogens with zero attached hydrogens (tertiary/aromatic N) is 2. The first-order valence-corrected chi connectivity index (χ1v) is 9.65. The average molecular weight is 320 g/mol. The molecule has 0 aromatic carbocycles. The minimum atomic E-state index is -2.86. The number of allylic oxidation sites excluding steroid dienone is 4. The maximum absolute atomic E-state index is 11.5. The van der Waals surface area contributed by atoms with Gasteiger partial charge in [-0.15, -0.1) is 0 Å². The number of aliphatic imine (C=N–C) groups is 1. The van der Waals surface area contributed by atoms with E-state index in [1.54, 1.807) is 0 Å². The van der Waals surface area contributed by atoms with Crippen molar-refractivity contribution in [2.45, 2.75) is 32.4 Å². The molecule has 2 saturated heterocycles. The number of sulfone groups is 1. The zero-order valence-corrected chi connectivity index (χ0v) is 14.3. The van der Waals surface area contributed by atoms with E-state index in [0.717, 1.165) is 0 Å². The highest BCUT2D eigenvalue weighted by Gasteiger charge is 2.46. The molecule has 0 saturated carbocycles. The van der Waals surface area contributed by atoms with E-state index < -0.39 is 9.84 Å². The van der Waals surface area contributed by atoms with Crippen LogP contribution in [-0.2, 0) is 9.84 Å². The predicted molar refractivity (Wildman–Crippen MR) is 90.7 cm³/mol. The lowest BCUT2D eigenvalue weighted by atomic mass is 9.75. The third-order valence-electron chi connectivity index (χ3n) is 5.16. The predicted octanol–water partition coefficient (Wildman–Crippen LogP) is 2.21. The van der Waals surface area contributed by atoms with Crippen LogP contribution in [0.5, 0.6) is 0 Å². The van der Waals surface area contributed by atoms with E-state index in [1.165, 1.54) is 5.70 Å². The van der Waals surface area contributed by atoms with Gasteiger partial charge in [0.2, 0.25) is 0 Å². The first-order chi connectivity index (χ1) is 10.3. The van der Waals surface area contributed by atoms with Gasteiger partial charge in [0.05, 0.1) is 23.6 Å². The van der Waals surface area contributed by atoms with E-state index in [1.807, 2.05) is 6.21 Å². The van der Waals surface area contributed by atoms with Crippen molar-refractivity contribution in [3.8, 4) is 0 Å². The van der Waals surface area contributed by atoms with Crippen LogP contribution in [0.2, 0.25) is 0 Å². The van der Waals surface area contributed by atoms with E-state index in [-0.39, 0.29) is 23.0 Å². The molecule has 4 nitrogen and oxygen atoms in total. The van der Waals surface area contributed by atoms with Crippen LogP contribution in [0.25, 0.3) is 0 Å². The van der Waals surface area contributed by atoms with E-state index in [9.17, 15) is 8.42 Å². The Hall–Kier alpha value is -1.36. The highest BCUT2D eigenvalue weighted by atomic mass is 32.2. The Kier molecular flexibility index (Phi) is 3.79. The number of likely N-dealkylation sites (N-methyl/N-ethyl adjacent to an activating group) is 1. The van der Waals surface area contributed by atoms with Crippen molar-refractivity contribution in [3.05, 3.63) is 36.1 Å². The molecule has 0 N–H and O–H groups in total. The Balaban J connectivity index is 1.79. The number of hydrogen-bond donors (Lipinski definition) is 0. The summed E-state index contributed by atoms with van der Waals surface area (Å²) in [4.78, 5) is 6.76. The lowest BCUT2D eigenvalue weighted by Gasteiger charge is -2.26. The standard InChI is InChI=1S/C17H24N2O2S/c1-17(2)14-6-4-5-7-15(14)19(3)16(17)8-10-18-13-9-11-22(20,21)12-13/h4-8,10,13-15H,9,11-12H2,1-3H3/b16-8+,18-10?/t13-,14-,15-/m1/s1. The minimum Gasteiger partial charge on any atom is -0.370 e. The highest BCUT2D eigenvalue weighted by Crippen LogP contribution is 2.49. The van der Waals surface area contributed by atoms with Crippen LogP contribution in [0.15, 0.2) is 41.1 Å². The second-order valence-electron chi connectivity index (χ2n) is 7.03. The zero-order valence-electron chi connectivity index (χ0n) is 13.4. The normalized spacial score (nSPS) is 37.3. The summed E-state index contributed by atoms with van der Waals surface area (Å²) in [7, 11) is -0.738. The van der Waals surface area contributed by atoms with Crippen molar-refractivity contribution in [2.75, 3.05) is 18.6 Å². The molecule has 22 heavy (non-hydrogen) atoms. The molecule has 2 aliphatic heterocycles. The maximum atomic E-state index is 11.5. The van der Waals surface area contributed by atoms with Crippen LogP contribution < -0.4 is 0 Å². The Morgan fingerprint density at radius 1 is 1.32 bits per heavy atom. The molecule has 0 aromatic rings. The summed E-state index contributed by atoms with van der Waals surface area (Å²) in [6.07, 6.45) is 13.3. The van der Waals surface area contributed by atoms with Crippen molar-refractivity contribution >= 4 is 16.1 Å². The van der Waals surface area contributed by atoms with Crippen molar-refractivity contribution in [2.24, 2.45) is 16.3 Å². The van der Waals surface area contributed by atoms with Crippen molar-refractivity contribution in [1.82, 2.24) is 4.90 Å². The van der Waals surface area contributed by atoms with E-state index in [2.05, 4.69) is 61.2 Å². The van der Waals surface area contributed by atoms with Gasteiger partial charge >= 0.3 is 0 Å². The molecule has 0 radical (unpaired) electrons. The van der Waals surface area contributed by atoms with E-state index >= 15 is 0 Å². The Morgan fingerprint density at radius 3 is 2.68 bits per heavy atom. The second-order valence-corrected chi connectivity index (χ2v) is 9.25. The number of likely N-dealkylation sites (tertiary alicyclic amines) is 1. The fourth-order valence-corrected chi connectivity index (χ4v) is 5.52. The third-order valence-corrected chi connectivity index (χ3v) is 6.91. The van der Waals surface area contributed by atoms with E-state index in [0.29, 0.717) is 18.4 Å². The third kappa shape index (κ3) is 2.67. The van der Waals surface area contributed by atoms with E-state index in [4.69, 9.17) is 0 Å². The highest BCUT2D eigenvalue weighted by molar-refractivity contribution is 7.91. The van der Waals surface area contributed by atoms with Crippen molar-refractivity contribution in [3.63, 3.8) is 0 Å². The summed E-state index contributed by atoms with van der Waals surface area (Å²) in [6, 6.07) is 0.324. The summed E-state index contributed by atoms with van der Waals surface area (Å²) in [5.41, 5.74) is 1.30. The van der Waals surface area contributed by atoms with Crippen molar-refractivity contribution in [1.29, 1.82) is 0 Å². The van der Waals surface area contributed by atoms with Gasteiger partial charge in [-0.25, -0.2) is 8.42 Å². The smallest absolute Gasteiger partial charge is 0.152 e. The van der Waals surface area contributed by atoms with Gasteiger partial charge < -0.3 is 4.90 Å². The van der Waals surface area contributed by atoms with Gasteiger partial charge in [-0.05, 0) is 12.5 Å². The molecule has 5 heteroatoms. The molecule has 0 amide bonds. The molecule has 2 fully saturated rings. The van der Waals surface area contributed by atoms with Crippen LogP contribution in [0.1, 0.15) is 20.3 Å². The Morgan fingerprint density at radius 2 is 2.05 bits per heavy atom. The molecule has 3 rings (SSSR count). The molecule has 0 bridgehead atoms. The quantitative estimate of drug-likeness (QED) is 0.733. The monoisotopic (exact) mass is 320 g/mol. The first kappa shape index (κ1) is 15.5.